The molecule has 2 aliphatic rings. The molecule has 0 aromatic heterocycles. The molecule has 0 radical (unpaired) electrons. The molecule has 2 aliphatic heterocycles. The van der Waals surface area contributed by atoms with Gasteiger partial charge >= 0.3 is 0 Å². The molecule has 1 aromatic carbocycles. The smallest absolute Gasteiger partial charge is 0.137 e. The Bertz CT molecular complexity index is 491. The number of halogens is 1. The highest BCUT2D eigenvalue weighted by Crippen LogP contribution is 2.38. The molecule has 1 N–H and O–H groups in total. The van der Waals surface area contributed by atoms with Gasteiger partial charge in [0.15, 0.2) is 0 Å². The highest BCUT2D eigenvalue weighted by atomic mass is 32.2. The van der Waals surface area contributed by atoms with E-state index >= 15 is 0 Å². The van der Waals surface area contributed by atoms with Crippen molar-refractivity contribution in [2.75, 3.05) is 12.4 Å². The quantitative estimate of drug-likeness (QED) is 0.894. The van der Waals surface area contributed by atoms with E-state index in [0.717, 1.165) is 42.1 Å². The molecule has 0 bridgehead atoms. The summed E-state index contributed by atoms with van der Waals surface area (Å²) in [6, 6.07) is 6.19. The van der Waals surface area contributed by atoms with Crippen molar-refractivity contribution >= 4 is 11.8 Å². The Kier molecular flexibility index (Phi) is 4.07. The fourth-order valence-electron chi connectivity index (χ4n) is 3.22. The van der Waals surface area contributed by atoms with E-state index in [9.17, 15) is 4.39 Å². The van der Waals surface area contributed by atoms with E-state index in [-0.39, 0.29) is 17.5 Å². The molecule has 2 heterocycles. The minimum absolute atomic E-state index is 0.0515. The number of nitrogens with one attached hydrogen (secondary N) is 1. The maximum atomic E-state index is 13.9. The lowest BCUT2D eigenvalue weighted by Gasteiger charge is -2.38. The van der Waals surface area contributed by atoms with Gasteiger partial charge in [0, 0.05) is 23.6 Å². The van der Waals surface area contributed by atoms with E-state index in [0.29, 0.717) is 6.04 Å². The predicted molar refractivity (Wildman–Crippen MR) is 80.7 cm³/mol. The van der Waals surface area contributed by atoms with Crippen LogP contribution in [0.25, 0.3) is 0 Å². The standard InChI is InChI=1S/C16H22FNOS/c1-16(2)10-11(6-8-19-16)18-14-7-9-20-15-12(14)4-3-5-13(15)17/h3-5,11,14,18H,6-10H2,1-2H3. The van der Waals surface area contributed by atoms with Crippen molar-refractivity contribution in [3.63, 3.8) is 0 Å². The third-order valence-electron chi connectivity index (χ3n) is 4.16. The second-order valence-electron chi connectivity index (χ2n) is 6.31. The number of benzene rings is 1. The monoisotopic (exact) mass is 295 g/mol. The largest absolute Gasteiger partial charge is 0.375 e. The Morgan fingerprint density at radius 1 is 1.35 bits per heavy atom. The number of rotatable bonds is 2. The second-order valence-corrected chi connectivity index (χ2v) is 7.42. The molecule has 4 heteroatoms. The van der Waals surface area contributed by atoms with Crippen LogP contribution in [0.4, 0.5) is 4.39 Å². The normalized spacial score (nSPS) is 28.9. The topological polar surface area (TPSA) is 21.3 Å². The Morgan fingerprint density at radius 3 is 3.00 bits per heavy atom. The maximum Gasteiger partial charge on any atom is 0.137 e. The molecule has 1 fully saturated rings. The lowest BCUT2D eigenvalue weighted by molar-refractivity contribution is -0.0643. The molecule has 20 heavy (non-hydrogen) atoms. The Balaban J connectivity index is 1.75. The number of fused-ring (bicyclic) bond motifs is 1. The summed E-state index contributed by atoms with van der Waals surface area (Å²) < 4.78 is 19.6. The van der Waals surface area contributed by atoms with Crippen LogP contribution < -0.4 is 5.32 Å². The molecule has 2 unspecified atom stereocenters. The first-order valence-corrected chi connectivity index (χ1v) is 8.35. The van der Waals surface area contributed by atoms with Gasteiger partial charge in [0.25, 0.3) is 0 Å². The van der Waals surface area contributed by atoms with Gasteiger partial charge in [-0.15, -0.1) is 11.8 Å². The summed E-state index contributed by atoms with van der Waals surface area (Å²) >= 11 is 1.64. The zero-order valence-electron chi connectivity index (χ0n) is 12.1. The first kappa shape index (κ1) is 14.4. The van der Waals surface area contributed by atoms with Gasteiger partial charge in [0.1, 0.15) is 5.82 Å². The summed E-state index contributed by atoms with van der Waals surface area (Å²) in [6.45, 7) is 5.10. The molecular formula is C16H22FNOS. The third-order valence-corrected chi connectivity index (χ3v) is 5.32. The van der Waals surface area contributed by atoms with E-state index in [2.05, 4.69) is 25.2 Å². The molecule has 0 amide bonds. The summed E-state index contributed by atoms with van der Waals surface area (Å²) in [5, 5.41) is 3.74. The van der Waals surface area contributed by atoms with Crippen molar-refractivity contribution < 1.29 is 9.13 Å². The van der Waals surface area contributed by atoms with Crippen LogP contribution in [0, 0.1) is 5.82 Å². The minimum Gasteiger partial charge on any atom is -0.375 e. The van der Waals surface area contributed by atoms with Crippen molar-refractivity contribution in [2.45, 2.75) is 55.7 Å². The SMILES string of the molecule is CC1(C)CC(NC2CCSc3c(F)cccc32)CCO1. The highest BCUT2D eigenvalue weighted by molar-refractivity contribution is 7.99. The number of hydrogen-bond acceptors (Lipinski definition) is 3. The van der Waals surface area contributed by atoms with E-state index in [1.807, 2.05) is 6.07 Å². The summed E-state index contributed by atoms with van der Waals surface area (Å²) in [6.07, 6.45) is 3.12. The molecule has 1 saturated heterocycles. The van der Waals surface area contributed by atoms with Crippen LogP contribution in [0.2, 0.25) is 0 Å². The van der Waals surface area contributed by atoms with Crippen LogP contribution in [0.15, 0.2) is 23.1 Å². The van der Waals surface area contributed by atoms with Crippen LogP contribution in [0.1, 0.15) is 44.7 Å². The van der Waals surface area contributed by atoms with Gasteiger partial charge in [-0.1, -0.05) is 12.1 Å². The van der Waals surface area contributed by atoms with Crippen LogP contribution in [-0.4, -0.2) is 24.0 Å². The van der Waals surface area contributed by atoms with Crippen molar-refractivity contribution in [1.29, 1.82) is 0 Å². The van der Waals surface area contributed by atoms with Crippen LogP contribution >= 0.6 is 11.8 Å². The number of hydrogen-bond donors (Lipinski definition) is 1. The summed E-state index contributed by atoms with van der Waals surface area (Å²) in [5.74, 6) is 0.907. The van der Waals surface area contributed by atoms with E-state index in [4.69, 9.17) is 4.74 Å². The lowest BCUT2D eigenvalue weighted by atomic mass is 9.92. The zero-order valence-corrected chi connectivity index (χ0v) is 12.9. The van der Waals surface area contributed by atoms with E-state index in [1.54, 1.807) is 17.8 Å². The lowest BCUT2D eigenvalue weighted by Crippen LogP contribution is -2.45. The molecule has 0 saturated carbocycles. The van der Waals surface area contributed by atoms with Crippen molar-refractivity contribution in [2.24, 2.45) is 0 Å². The van der Waals surface area contributed by atoms with Crippen LogP contribution in [-0.2, 0) is 4.74 Å². The predicted octanol–water partition coefficient (Wildman–Crippen LogP) is 3.91. The van der Waals surface area contributed by atoms with E-state index in [1.165, 1.54) is 0 Å². The number of ether oxygens (including phenoxy) is 1. The summed E-state index contributed by atoms with van der Waals surface area (Å²) in [4.78, 5) is 0.836. The molecular weight excluding hydrogens is 273 g/mol. The molecule has 0 spiro atoms. The fourth-order valence-corrected chi connectivity index (χ4v) is 4.36. The molecule has 3 rings (SSSR count). The number of thioether (sulfide) groups is 1. The fraction of sp³-hybridized carbons (Fsp3) is 0.625. The van der Waals surface area contributed by atoms with Gasteiger partial charge in [0.05, 0.1) is 5.60 Å². The molecule has 2 atom stereocenters. The Morgan fingerprint density at radius 2 is 2.20 bits per heavy atom. The Hall–Kier alpha value is -0.580. The average molecular weight is 295 g/mol. The zero-order chi connectivity index (χ0) is 14.2. The highest BCUT2D eigenvalue weighted by Gasteiger charge is 2.31. The van der Waals surface area contributed by atoms with Crippen LogP contribution in [0.3, 0.4) is 0 Å². The van der Waals surface area contributed by atoms with Gasteiger partial charge in [-0.25, -0.2) is 4.39 Å². The molecule has 2 nitrogen and oxygen atoms in total. The average Bonchev–Trinajstić information content (AvgIpc) is 2.39. The van der Waals surface area contributed by atoms with Gasteiger partial charge in [-0.3, -0.25) is 0 Å². The van der Waals surface area contributed by atoms with Crippen molar-refractivity contribution in [1.82, 2.24) is 5.32 Å². The van der Waals surface area contributed by atoms with Gasteiger partial charge < -0.3 is 10.1 Å². The van der Waals surface area contributed by atoms with E-state index < -0.39 is 0 Å². The first-order chi connectivity index (χ1) is 9.55. The summed E-state index contributed by atoms with van der Waals surface area (Å²) in [7, 11) is 0. The van der Waals surface area contributed by atoms with Gasteiger partial charge in [0.2, 0.25) is 0 Å². The van der Waals surface area contributed by atoms with Gasteiger partial charge in [-0.05, 0) is 50.5 Å². The summed E-state index contributed by atoms with van der Waals surface area (Å²) in [5.41, 5.74) is 1.08. The van der Waals surface area contributed by atoms with Crippen molar-refractivity contribution in [3.8, 4) is 0 Å². The minimum atomic E-state index is -0.0775. The third kappa shape index (κ3) is 3.02. The molecule has 0 aliphatic carbocycles. The second kappa shape index (κ2) is 5.66. The first-order valence-electron chi connectivity index (χ1n) is 7.36. The maximum absolute atomic E-state index is 13.9. The van der Waals surface area contributed by atoms with Gasteiger partial charge in [-0.2, -0.15) is 0 Å². The molecule has 1 aromatic rings. The van der Waals surface area contributed by atoms with Crippen molar-refractivity contribution in [3.05, 3.63) is 29.6 Å². The molecule has 110 valence electrons. The van der Waals surface area contributed by atoms with Crippen LogP contribution in [0.5, 0.6) is 0 Å². The Labute approximate surface area is 124 Å².